The normalized spacial score (nSPS) is 11.8. The predicted molar refractivity (Wildman–Crippen MR) is 88.2 cm³/mol. The summed E-state index contributed by atoms with van der Waals surface area (Å²) in [6.45, 7) is 0. The van der Waals surface area contributed by atoms with Crippen LogP contribution in [0.4, 0.5) is 5.69 Å². The third-order valence-corrected chi connectivity index (χ3v) is 5.45. The Kier molecular flexibility index (Phi) is 5.02. The topological polar surface area (TPSA) is 125 Å². The van der Waals surface area contributed by atoms with Gasteiger partial charge in [0.05, 0.1) is 19.1 Å². The van der Waals surface area contributed by atoms with E-state index in [0.29, 0.717) is 5.75 Å². The minimum atomic E-state index is -3.94. The molecule has 0 aromatic heterocycles. The molecule has 0 spiro atoms. The van der Waals surface area contributed by atoms with Gasteiger partial charge in [0.25, 0.3) is 10.0 Å². The van der Waals surface area contributed by atoms with E-state index in [9.17, 15) is 16.8 Å². The molecule has 0 atom stereocenters. The first-order chi connectivity index (χ1) is 11.2. The summed E-state index contributed by atoms with van der Waals surface area (Å²) in [5.74, 6) is 0.561. The lowest BCUT2D eigenvalue weighted by atomic mass is 10.3. The lowest BCUT2D eigenvalue weighted by Crippen LogP contribution is -2.15. The van der Waals surface area contributed by atoms with Crippen LogP contribution in [-0.2, 0) is 20.0 Å². The van der Waals surface area contributed by atoms with E-state index in [4.69, 9.17) is 14.6 Å². The summed E-state index contributed by atoms with van der Waals surface area (Å²) in [6, 6.07) is 9.29. The predicted octanol–water partition coefficient (Wildman–Crippen LogP) is 1.15. The number of primary sulfonamides is 1. The van der Waals surface area contributed by atoms with Gasteiger partial charge >= 0.3 is 0 Å². The van der Waals surface area contributed by atoms with Crippen molar-refractivity contribution >= 4 is 25.7 Å². The zero-order chi connectivity index (χ0) is 18.0. The summed E-state index contributed by atoms with van der Waals surface area (Å²) in [5.41, 5.74) is 0.181. The first kappa shape index (κ1) is 18.0. The zero-order valence-electron chi connectivity index (χ0n) is 12.9. The van der Waals surface area contributed by atoms with E-state index in [1.165, 1.54) is 56.7 Å². The summed E-state index contributed by atoms with van der Waals surface area (Å²) in [4.78, 5) is -0.200. The molecule has 0 bridgehead atoms. The highest BCUT2D eigenvalue weighted by Crippen LogP contribution is 2.29. The molecule has 0 fully saturated rings. The Balaban J connectivity index is 2.35. The number of ether oxygens (including phenoxy) is 2. The Morgan fingerprint density at radius 1 is 0.917 bits per heavy atom. The number of methoxy groups -OCH3 is 2. The lowest BCUT2D eigenvalue weighted by molar-refractivity contribution is 0.386. The standard InChI is InChI=1S/C14H16N2O6S2/c1-21-11-5-8-14(13(9-11)22-2)24(19,20)16-10-3-6-12(7-4-10)23(15,17)18/h3-9,16H,1-2H3,(H2,15,17,18). The Morgan fingerprint density at radius 3 is 2.04 bits per heavy atom. The van der Waals surface area contributed by atoms with Gasteiger partial charge < -0.3 is 9.47 Å². The van der Waals surface area contributed by atoms with Gasteiger partial charge in [0, 0.05) is 11.8 Å². The Bertz CT molecular complexity index is 938. The second-order valence-electron chi connectivity index (χ2n) is 4.69. The van der Waals surface area contributed by atoms with Crippen molar-refractivity contribution in [1.82, 2.24) is 0 Å². The number of sulfonamides is 2. The molecule has 0 saturated carbocycles. The Hall–Kier alpha value is -2.30. The van der Waals surface area contributed by atoms with Crippen LogP contribution in [-0.4, -0.2) is 31.1 Å². The van der Waals surface area contributed by atoms with Crippen molar-refractivity contribution in [2.45, 2.75) is 9.79 Å². The van der Waals surface area contributed by atoms with Gasteiger partial charge in [-0.1, -0.05) is 0 Å². The fourth-order valence-corrected chi connectivity index (χ4v) is 3.65. The van der Waals surface area contributed by atoms with Gasteiger partial charge in [0.15, 0.2) is 0 Å². The summed E-state index contributed by atoms with van der Waals surface area (Å²) in [7, 11) is -4.99. The molecule has 10 heteroatoms. The van der Waals surface area contributed by atoms with E-state index >= 15 is 0 Å². The molecule has 0 aliphatic rings. The highest BCUT2D eigenvalue weighted by molar-refractivity contribution is 7.92. The molecule has 0 aliphatic carbocycles. The number of nitrogens with one attached hydrogen (secondary N) is 1. The van der Waals surface area contributed by atoms with Gasteiger partial charge in [-0.3, -0.25) is 4.72 Å². The van der Waals surface area contributed by atoms with Crippen LogP contribution in [0.1, 0.15) is 0 Å². The molecule has 0 saturated heterocycles. The number of rotatable bonds is 6. The van der Waals surface area contributed by atoms with Crippen LogP contribution in [0.15, 0.2) is 52.3 Å². The van der Waals surface area contributed by atoms with Crippen LogP contribution in [0.5, 0.6) is 11.5 Å². The van der Waals surface area contributed by atoms with Crippen molar-refractivity contribution in [1.29, 1.82) is 0 Å². The molecule has 130 valence electrons. The lowest BCUT2D eigenvalue weighted by Gasteiger charge is -2.13. The number of hydrogen-bond acceptors (Lipinski definition) is 6. The summed E-state index contributed by atoms with van der Waals surface area (Å²) in [5, 5.41) is 5.00. The van der Waals surface area contributed by atoms with Gasteiger partial charge in [0.1, 0.15) is 16.4 Å². The minimum absolute atomic E-state index is 0.0821. The van der Waals surface area contributed by atoms with E-state index in [1.807, 2.05) is 0 Å². The van der Waals surface area contributed by atoms with Crippen LogP contribution in [0, 0.1) is 0 Å². The molecule has 0 radical (unpaired) electrons. The number of hydrogen-bond donors (Lipinski definition) is 2. The number of nitrogens with two attached hydrogens (primary N) is 1. The van der Waals surface area contributed by atoms with Crippen molar-refractivity contribution < 1.29 is 26.3 Å². The number of anilines is 1. The van der Waals surface area contributed by atoms with Crippen molar-refractivity contribution in [3.63, 3.8) is 0 Å². The fourth-order valence-electron chi connectivity index (χ4n) is 1.92. The maximum Gasteiger partial charge on any atom is 0.265 e. The van der Waals surface area contributed by atoms with E-state index in [1.54, 1.807) is 0 Å². The highest BCUT2D eigenvalue weighted by Gasteiger charge is 2.20. The van der Waals surface area contributed by atoms with Gasteiger partial charge in [-0.05, 0) is 36.4 Å². The summed E-state index contributed by atoms with van der Waals surface area (Å²) in [6.07, 6.45) is 0. The van der Waals surface area contributed by atoms with E-state index in [-0.39, 0.29) is 21.2 Å². The van der Waals surface area contributed by atoms with Crippen molar-refractivity contribution in [3.8, 4) is 11.5 Å². The second kappa shape index (κ2) is 6.67. The maximum atomic E-state index is 12.5. The fraction of sp³-hybridized carbons (Fsp3) is 0.143. The monoisotopic (exact) mass is 372 g/mol. The molecule has 8 nitrogen and oxygen atoms in total. The summed E-state index contributed by atoms with van der Waals surface area (Å²) >= 11 is 0. The highest BCUT2D eigenvalue weighted by atomic mass is 32.2. The van der Waals surface area contributed by atoms with Crippen LogP contribution in [0.2, 0.25) is 0 Å². The maximum absolute atomic E-state index is 12.5. The van der Waals surface area contributed by atoms with Crippen LogP contribution in [0.25, 0.3) is 0 Å². The molecule has 24 heavy (non-hydrogen) atoms. The minimum Gasteiger partial charge on any atom is -0.497 e. The molecule has 0 heterocycles. The average Bonchev–Trinajstić information content (AvgIpc) is 2.53. The van der Waals surface area contributed by atoms with Crippen LogP contribution >= 0.6 is 0 Å². The Labute approximate surface area is 140 Å². The second-order valence-corrected chi connectivity index (χ2v) is 7.90. The quantitative estimate of drug-likeness (QED) is 0.784. The molecule has 0 amide bonds. The van der Waals surface area contributed by atoms with Crippen molar-refractivity contribution in [2.75, 3.05) is 18.9 Å². The SMILES string of the molecule is COc1ccc(S(=O)(=O)Nc2ccc(S(N)(=O)=O)cc2)c(OC)c1. The largest absolute Gasteiger partial charge is 0.497 e. The molecule has 3 N–H and O–H groups in total. The first-order valence-electron chi connectivity index (χ1n) is 6.55. The van der Waals surface area contributed by atoms with Crippen LogP contribution in [0.3, 0.4) is 0 Å². The van der Waals surface area contributed by atoms with Crippen molar-refractivity contribution in [2.24, 2.45) is 5.14 Å². The Morgan fingerprint density at radius 2 is 1.54 bits per heavy atom. The smallest absolute Gasteiger partial charge is 0.265 e. The number of benzene rings is 2. The van der Waals surface area contributed by atoms with Crippen LogP contribution < -0.4 is 19.3 Å². The van der Waals surface area contributed by atoms with Gasteiger partial charge in [-0.2, -0.15) is 0 Å². The van der Waals surface area contributed by atoms with Crippen molar-refractivity contribution in [3.05, 3.63) is 42.5 Å². The summed E-state index contributed by atoms with van der Waals surface area (Å²) < 4.78 is 59.8. The molecule has 0 aliphatic heterocycles. The average molecular weight is 372 g/mol. The molecule has 2 aromatic carbocycles. The molecule has 2 aromatic rings. The van der Waals surface area contributed by atoms with Gasteiger partial charge in [-0.25, -0.2) is 22.0 Å². The molecule has 2 rings (SSSR count). The van der Waals surface area contributed by atoms with E-state index in [0.717, 1.165) is 0 Å². The first-order valence-corrected chi connectivity index (χ1v) is 9.58. The molecular weight excluding hydrogens is 356 g/mol. The van der Waals surface area contributed by atoms with E-state index < -0.39 is 20.0 Å². The van der Waals surface area contributed by atoms with Gasteiger partial charge in [0.2, 0.25) is 10.0 Å². The third kappa shape index (κ3) is 3.96. The molecular formula is C14H16N2O6S2. The van der Waals surface area contributed by atoms with E-state index in [2.05, 4.69) is 4.72 Å². The molecule has 0 unspecified atom stereocenters. The third-order valence-electron chi connectivity index (χ3n) is 3.10. The van der Waals surface area contributed by atoms with Gasteiger partial charge in [-0.15, -0.1) is 0 Å². The zero-order valence-corrected chi connectivity index (χ0v) is 14.5.